The summed E-state index contributed by atoms with van der Waals surface area (Å²) in [5.74, 6) is -0.0427. The van der Waals surface area contributed by atoms with Gasteiger partial charge in [0.1, 0.15) is 0 Å². The predicted octanol–water partition coefficient (Wildman–Crippen LogP) is 2.81. The summed E-state index contributed by atoms with van der Waals surface area (Å²) in [5, 5.41) is 0.647. The molecule has 1 aromatic carbocycles. The van der Waals surface area contributed by atoms with Gasteiger partial charge in [0.2, 0.25) is 0 Å². The van der Waals surface area contributed by atoms with Crippen LogP contribution in [0.1, 0.15) is 21.5 Å². The largest absolute Gasteiger partial charge is 0.326 e. The van der Waals surface area contributed by atoms with Crippen molar-refractivity contribution in [2.45, 2.75) is 13.0 Å². The molecular weight excluding hydrogens is 352 g/mol. The number of hydrogen-bond acceptors (Lipinski definition) is 3. The van der Waals surface area contributed by atoms with Gasteiger partial charge in [-0.25, -0.2) is 4.79 Å². The van der Waals surface area contributed by atoms with Gasteiger partial charge in [-0.1, -0.05) is 11.6 Å². The molecule has 0 unspecified atom stereocenters. The second-order valence-electron chi connectivity index (χ2n) is 6.69. The molecule has 0 aliphatic carbocycles. The summed E-state index contributed by atoms with van der Waals surface area (Å²) in [7, 11) is 1.80. The van der Waals surface area contributed by atoms with Gasteiger partial charge in [0.05, 0.1) is 11.9 Å². The van der Waals surface area contributed by atoms with E-state index < -0.39 is 0 Å². The van der Waals surface area contributed by atoms with Crippen LogP contribution in [-0.2, 0) is 13.0 Å². The number of urea groups is 1. The van der Waals surface area contributed by atoms with Gasteiger partial charge < -0.3 is 14.7 Å². The summed E-state index contributed by atoms with van der Waals surface area (Å²) >= 11 is 6.03. The Hall–Kier alpha value is -2.60. The molecule has 0 atom stereocenters. The molecule has 0 radical (unpaired) electrons. The van der Waals surface area contributed by atoms with Gasteiger partial charge in [-0.2, -0.15) is 0 Å². The van der Waals surface area contributed by atoms with Crippen molar-refractivity contribution >= 4 is 29.2 Å². The second kappa shape index (κ2) is 6.61. The van der Waals surface area contributed by atoms with Crippen LogP contribution >= 0.6 is 11.6 Å². The number of anilines is 1. The first-order valence-electron chi connectivity index (χ1n) is 8.57. The van der Waals surface area contributed by atoms with Crippen LogP contribution in [-0.4, -0.2) is 53.4 Å². The lowest BCUT2D eigenvalue weighted by Crippen LogP contribution is -2.37. The Morgan fingerprint density at radius 2 is 1.96 bits per heavy atom. The van der Waals surface area contributed by atoms with Crippen molar-refractivity contribution in [3.05, 3.63) is 58.4 Å². The third-order valence-electron chi connectivity index (χ3n) is 4.92. The Morgan fingerprint density at radius 3 is 2.73 bits per heavy atom. The van der Waals surface area contributed by atoms with Gasteiger partial charge in [-0.15, -0.1) is 0 Å². The maximum atomic E-state index is 12.9. The van der Waals surface area contributed by atoms with Crippen molar-refractivity contribution in [1.82, 2.24) is 14.8 Å². The van der Waals surface area contributed by atoms with Gasteiger partial charge >= 0.3 is 6.03 Å². The molecule has 1 saturated heterocycles. The summed E-state index contributed by atoms with van der Waals surface area (Å²) in [4.78, 5) is 34.4. The molecule has 0 bridgehead atoms. The molecule has 2 aromatic rings. The lowest BCUT2D eigenvalue weighted by Gasteiger charge is -2.29. The average Bonchev–Trinajstić information content (AvgIpc) is 2.94. The zero-order valence-corrected chi connectivity index (χ0v) is 15.2. The van der Waals surface area contributed by atoms with Gasteiger partial charge in [0.15, 0.2) is 0 Å². The highest BCUT2D eigenvalue weighted by Crippen LogP contribution is 2.27. The minimum Gasteiger partial charge on any atom is -0.326 e. The predicted molar refractivity (Wildman–Crippen MR) is 99.5 cm³/mol. The van der Waals surface area contributed by atoms with Crippen LogP contribution < -0.4 is 4.90 Å². The molecule has 1 fully saturated rings. The quantitative estimate of drug-likeness (QED) is 0.834. The lowest BCUT2D eigenvalue weighted by molar-refractivity contribution is 0.0980. The van der Waals surface area contributed by atoms with Crippen LogP contribution in [0.2, 0.25) is 5.02 Å². The molecule has 6 nitrogen and oxygen atoms in total. The van der Waals surface area contributed by atoms with E-state index in [-0.39, 0.29) is 11.9 Å². The molecular formula is C19H19ClN4O2. The van der Waals surface area contributed by atoms with Crippen molar-refractivity contribution in [3.8, 4) is 0 Å². The van der Waals surface area contributed by atoms with E-state index in [4.69, 9.17) is 11.6 Å². The summed E-state index contributed by atoms with van der Waals surface area (Å²) in [6.45, 7) is 2.52. The highest BCUT2D eigenvalue weighted by molar-refractivity contribution is 6.30. The number of halogens is 1. The Morgan fingerprint density at radius 1 is 1.12 bits per heavy atom. The summed E-state index contributed by atoms with van der Waals surface area (Å²) in [5.41, 5.74) is 3.34. The molecule has 1 aromatic heterocycles. The number of aromatic nitrogens is 1. The van der Waals surface area contributed by atoms with Crippen LogP contribution in [0.4, 0.5) is 10.5 Å². The normalized spacial score (nSPS) is 17.1. The number of amides is 3. The Kier molecular flexibility index (Phi) is 4.28. The van der Waals surface area contributed by atoms with Gasteiger partial charge in [-0.3, -0.25) is 9.78 Å². The van der Waals surface area contributed by atoms with Crippen LogP contribution in [0, 0.1) is 0 Å². The SMILES string of the molecule is CN1CCN(Cc2cncc(N3CCc4cc(Cl)ccc4C3=O)c2)C1=O. The highest BCUT2D eigenvalue weighted by Gasteiger charge is 2.27. The maximum Gasteiger partial charge on any atom is 0.320 e. The topological polar surface area (TPSA) is 56.8 Å². The second-order valence-corrected chi connectivity index (χ2v) is 7.12. The third-order valence-corrected chi connectivity index (χ3v) is 5.15. The molecule has 0 spiro atoms. The van der Waals surface area contributed by atoms with E-state index in [1.54, 1.807) is 46.3 Å². The fraction of sp³-hybridized carbons (Fsp3) is 0.316. The first-order valence-corrected chi connectivity index (χ1v) is 8.95. The van der Waals surface area contributed by atoms with Crippen LogP contribution in [0.15, 0.2) is 36.7 Å². The van der Waals surface area contributed by atoms with Crippen molar-refractivity contribution in [3.63, 3.8) is 0 Å². The highest BCUT2D eigenvalue weighted by atomic mass is 35.5. The van der Waals surface area contributed by atoms with E-state index in [0.29, 0.717) is 30.2 Å². The molecule has 4 rings (SSSR count). The van der Waals surface area contributed by atoms with E-state index >= 15 is 0 Å². The van der Waals surface area contributed by atoms with E-state index in [9.17, 15) is 9.59 Å². The number of benzene rings is 1. The lowest BCUT2D eigenvalue weighted by atomic mass is 9.98. The fourth-order valence-electron chi connectivity index (χ4n) is 3.48. The van der Waals surface area contributed by atoms with Gasteiger partial charge in [0, 0.05) is 50.0 Å². The molecule has 7 heteroatoms. The number of likely N-dealkylation sites (N-methyl/N-ethyl adjacent to an activating group) is 1. The summed E-state index contributed by atoms with van der Waals surface area (Å²) < 4.78 is 0. The summed E-state index contributed by atoms with van der Waals surface area (Å²) in [6, 6.07) is 7.34. The fourth-order valence-corrected chi connectivity index (χ4v) is 3.68. The van der Waals surface area contributed by atoms with E-state index in [2.05, 4.69) is 4.98 Å². The van der Waals surface area contributed by atoms with Crippen molar-refractivity contribution in [2.75, 3.05) is 31.6 Å². The Bertz CT molecular complexity index is 886. The van der Waals surface area contributed by atoms with Crippen molar-refractivity contribution < 1.29 is 9.59 Å². The van der Waals surface area contributed by atoms with E-state index in [1.807, 2.05) is 12.1 Å². The van der Waals surface area contributed by atoms with Crippen LogP contribution in [0.5, 0.6) is 0 Å². The third kappa shape index (κ3) is 3.01. The van der Waals surface area contributed by atoms with Crippen LogP contribution in [0.25, 0.3) is 0 Å². The summed E-state index contributed by atoms with van der Waals surface area (Å²) in [6.07, 6.45) is 4.19. The van der Waals surface area contributed by atoms with Gasteiger partial charge in [0.25, 0.3) is 5.91 Å². The molecule has 0 N–H and O–H groups in total. The Balaban J connectivity index is 1.56. The smallest absolute Gasteiger partial charge is 0.320 e. The van der Waals surface area contributed by atoms with Crippen molar-refractivity contribution in [1.29, 1.82) is 0 Å². The number of nitrogens with zero attached hydrogens (tertiary/aromatic N) is 4. The molecule has 2 aliphatic heterocycles. The zero-order valence-electron chi connectivity index (χ0n) is 14.5. The van der Waals surface area contributed by atoms with Crippen LogP contribution in [0.3, 0.4) is 0 Å². The number of pyridine rings is 1. The molecule has 26 heavy (non-hydrogen) atoms. The number of rotatable bonds is 3. The van der Waals surface area contributed by atoms with E-state index in [1.165, 1.54) is 0 Å². The number of fused-ring (bicyclic) bond motifs is 1. The molecule has 2 aliphatic rings. The number of carbonyl (C=O) groups is 2. The molecule has 0 saturated carbocycles. The molecule has 134 valence electrons. The molecule has 3 heterocycles. The molecule has 3 amide bonds. The van der Waals surface area contributed by atoms with Gasteiger partial charge in [-0.05, 0) is 41.8 Å². The Labute approximate surface area is 157 Å². The van der Waals surface area contributed by atoms with E-state index in [0.717, 1.165) is 29.8 Å². The number of hydrogen-bond donors (Lipinski definition) is 0. The standard InChI is InChI=1S/C19H19ClN4O2/c1-22-6-7-23(19(22)26)12-13-8-16(11-21-10-13)24-5-4-14-9-15(20)2-3-17(14)18(24)25/h2-3,8-11H,4-7,12H2,1H3. The monoisotopic (exact) mass is 370 g/mol. The van der Waals surface area contributed by atoms with Crippen molar-refractivity contribution in [2.24, 2.45) is 0 Å². The minimum absolute atomic E-state index is 0.0234. The zero-order chi connectivity index (χ0) is 18.3. The first-order chi connectivity index (χ1) is 12.5. The average molecular weight is 371 g/mol. The first kappa shape index (κ1) is 16.8. The maximum absolute atomic E-state index is 12.9. The minimum atomic E-state index is -0.0427. The number of carbonyl (C=O) groups excluding carboxylic acids is 2.